The smallest absolute Gasteiger partial charge is 0.181 e. The Kier molecular flexibility index (Phi) is 3.01. The molecule has 0 aliphatic carbocycles. The van der Waals surface area contributed by atoms with Crippen molar-refractivity contribution in [3.05, 3.63) is 43.0 Å². The fourth-order valence-corrected chi connectivity index (χ4v) is 2.61. The lowest BCUT2D eigenvalue weighted by Gasteiger charge is -2.28. The molecule has 1 fully saturated rings. The highest BCUT2D eigenvalue weighted by atomic mass is 16.5. The summed E-state index contributed by atoms with van der Waals surface area (Å²) in [7, 11) is 0. The molecule has 6 nitrogen and oxygen atoms in total. The molecule has 3 heterocycles. The molecule has 0 radical (unpaired) electrons. The van der Waals surface area contributed by atoms with Crippen LogP contribution in [0.1, 0.15) is 0 Å². The van der Waals surface area contributed by atoms with Gasteiger partial charge in [0.15, 0.2) is 5.65 Å². The van der Waals surface area contributed by atoms with E-state index in [2.05, 4.69) is 44.2 Å². The highest BCUT2D eigenvalue weighted by Crippen LogP contribution is 2.24. The first-order valence-corrected chi connectivity index (χ1v) is 6.99. The van der Waals surface area contributed by atoms with Crippen molar-refractivity contribution in [2.24, 2.45) is 0 Å². The molecule has 4 rings (SSSR count). The zero-order chi connectivity index (χ0) is 14.1. The van der Waals surface area contributed by atoms with Crippen molar-refractivity contribution in [3.63, 3.8) is 0 Å². The molecule has 2 aromatic heterocycles. The normalized spacial score (nSPS) is 15.5. The minimum atomic E-state index is 0.775. The molecular weight excluding hydrogens is 266 g/mol. The van der Waals surface area contributed by atoms with Crippen LogP contribution in [0.15, 0.2) is 43.0 Å². The van der Waals surface area contributed by atoms with Gasteiger partial charge < -0.3 is 9.64 Å². The molecule has 0 spiro atoms. The summed E-state index contributed by atoms with van der Waals surface area (Å²) in [5, 5.41) is 4.14. The minimum absolute atomic E-state index is 0.775. The Balaban J connectivity index is 1.68. The van der Waals surface area contributed by atoms with Gasteiger partial charge in [0.2, 0.25) is 0 Å². The number of aromatic nitrogens is 4. The zero-order valence-electron chi connectivity index (χ0n) is 11.5. The molecule has 0 bridgehead atoms. The maximum atomic E-state index is 5.38. The average Bonchev–Trinajstić information content (AvgIpc) is 3.04. The first kappa shape index (κ1) is 12.3. The molecule has 21 heavy (non-hydrogen) atoms. The molecule has 1 aromatic carbocycles. The van der Waals surface area contributed by atoms with E-state index in [-0.39, 0.29) is 0 Å². The number of hydrogen-bond acceptors (Lipinski definition) is 5. The van der Waals surface area contributed by atoms with Crippen molar-refractivity contribution in [1.29, 1.82) is 0 Å². The summed E-state index contributed by atoms with van der Waals surface area (Å²) in [6.07, 6.45) is 5.09. The predicted molar refractivity (Wildman–Crippen MR) is 79.3 cm³/mol. The summed E-state index contributed by atoms with van der Waals surface area (Å²) in [6, 6.07) is 8.42. The van der Waals surface area contributed by atoms with Gasteiger partial charge in [-0.15, -0.1) is 0 Å². The SMILES string of the molecule is c1cn2ncnc2c(-c2ccc(N3CCOCC3)cc2)n1. The first-order valence-electron chi connectivity index (χ1n) is 6.99. The third-order valence-electron chi connectivity index (χ3n) is 3.71. The fourth-order valence-electron chi connectivity index (χ4n) is 2.61. The van der Waals surface area contributed by atoms with E-state index < -0.39 is 0 Å². The second-order valence-corrected chi connectivity index (χ2v) is 4.95. The van der Waals surface area contributed by atoms with Gasteiger partial charge in [0, 0.05) is 36.7 Å². The summed E-state index contributed by atoms with van der Waals surface area (Å²) in [4.78, 5) is 11.0. The molecule has 1 aliphatic rings. The van der Waals surface area contributed by atoms with E-state index in [0.29, 0.717) is 0 Å². The number of benzene rings is 1. The molecule has 0 saturated carbocycles. The number of hydrogen-bond donors (Lipinski definition) is 0. The fraction of sp³-hybridized carbons (Fsp3) is 0.267. The number of rotatable bonds is 2. The van der Waals surface area contributed by atoms with Crippen LogP contribution < -0.4 is 4.90 Å². The van der Waals surface area contributed by atoms with Crippen LogP contribution in [0.3, 0.4) is 0 Å². The lowest BCUT2D eigenvalue weighted by Crippen LogP contribution is -2.36. The van der Waals surface area contributed by atoms with E-state index in [1.165, 1.54) is 5.69 Å². The number of anilines is 1. The van der Waals surface area contributed by atoms with Gasteiger partial charge in [-0.3, -0.25) is 4.98 Å². The first-order chi connectivity index (χ1) is 10.4. The van der Waals surface area contributed by atoms with Gasteiger partial charge in [0.25, 0.3) is 0 Å². The number of morpholine rings is 1. The van der Waals surface area contributed by atoms with Crippen LogP contribution in [0.5, 0.6) is 0 Å². The predicted octanol–water partition coefficient (Wildman–Crippen LogP) is 1.63. The van der Waals surface area contributed by atoms with E-state index in [9.17, 15) is 0 Å². The Morgan fingerprint density at radius 2 is 1.81 bits per heavy atom. The summed E-state index contributed by atoms with van der Waals surface area (Å²) in [5.74, 6) is 0. The van der Waals surface area contributed by atoms with E-state index >= 15 is 0 Å². The molecular formula is C15H15N5O. The Bertz CT molecular complexity index is 746. The van der Waals surface area contributed by atoms with E-state index in [1.807, 2.05) is 0 Å². The monoisotopic (exact) mass is 281 g/mol. The number of fused-ring (bicyclic) bond motifs is 1. The van der Waals surface area contributed by atoms with Gasteiger partial charge in [-0.2, -0.15) is 5.10 Å². The standard InChI is InChI=1S/C15H15N5O/c1-3-13(19-7-9-21-10-8-19)4-2-12(1)14-15-17-11-18-20(15)6-5-16-14/h1-6,11H,7-10H2. The maximum Gasteiger partial charge on any atom is 0.181 e. The summed E-state index contributed by atoms with van der Waals surface area (Å²) in [5.41, 5.74) is 3.89. The second kappa shape index (κ2) is 5.14. The van der Waals surface area contributed by atoms with Crippen LogP contribution in [-0.2, 0) is 4.74 Å². The molecule has 106 valence electrons. The van der Waals surface area contributed by atoms with E-state index in [1.54, 1.807) is 23.2 Å². The quantitative estimate of drug-likeness (QED) is 0.714. The Morgan fingerprint density at radius 3 is 2.62 bits per heavy atom. The van der Waals surface area contributed by atoms with Crippen LogP contribution in [0, 0.1) is 0 Å². The van der Waals surface area contributed by atoms with Crippen LogP contribution >= 0.6 is 0 Å². The lowest BCUT2D eigenvalue weighted by molar-refractivity contribution is 0.122. The van der Waals surface area contributed by atoms with Crippen molar-refractivity contribution in [2.45, 2.75) is 0 Å². The molecule has 3 aromatic rings. The summed E-state index contributed by atoms with van der Waals surface area (Å²) >= 11 is 0. The largest absolute Gasteiger partial charge is 0.378 e. The minimum Gasteiger partial charge on any atom is -0.378 e. The number of nitrogens with zero attached hydrogens (tertiary/aromatic N) is 5. The number of ether oxygens (including phenoxy) is 1. The van der Waals surface area contributed by atoms with Crippen molar-refractivity contribution in [1.82, 2.24) is 19.6 Å². The van der Waals surface area contributed by atoms with Gasteiger partial charge in [-0.25, -0.2) is 9.50 Å². The second-order valence-electron chi connectivity index (χ2n) is 4.95. The van der Waals surface area contributed by atoms with Crippen LogP contribution in [-0.4, -0.2) is 45.9 Å². The summed E-state index contributed by atoms with van der Waals surface area (Å²) < 4.78 is 7.12. The average molecular weight is 281 g/mol. The molecule has 1 saturated heterocycles. The summed E-state index contributed by atoms with van der Waals surface area (Å²) in [6.45, 7) is 3.47. The Morgan fingerprint density at radius 1 is 1.00 bits per heavy atom. The van der Waals surface area contributed by atoms with Gasteiger partial charge in [-0.1, -0.05) is 12.1 Å². The van der Waals surface area contributed by atoms with Crippen LogP contribution in [0.25, 0.3) is 16.9 Å². The Labute approximate surface area is 122 Å². The van der Waals surface area contributed by atoms with Crippen LogP contribution in [0.4, 0.5) is 5.69 Å². The van der Waals surface area contributed by atoms with E-state index in [4.69, 9.17) is 4.74 Å². The van der Waals surface area contributed by atoms with Crippen molar-refractivity contribution in [2.75, 3.05) is 31.2 Å². The highest BCUT2D eigenvalue weighted by Gasteiger charge is 2.12. The molecule has 0 amide bonds. The molecule has 0 atom stereocenters. The molecule has 0 unspecified atom stereocenters. The molecule has 6 heteroatoms. The molecule has 1 aliphatic heterocycles. The maximum absolute atomic E-state index is 5.38. The molecule has 0 N–H and O–H groups in total. The van der Waals surface area contributed by atoms with Gasteiger partial charge in [0.1, 0.15) is 12.0 Å². The highest BCUT2D eigenvalue weighted by molar-refractivity contribution is 5.74. The van der Waals surface area contributed by atoms with Gasteiger partial charge in [-0.05, 0) is 12.1 Å². The third kappa shape index (κ3) is 2.23. The Hall–Kier alpha value is -2.47. The van der Waals surface area contributed by atoms with Crippen LogP contribution in [0.2, 0.25) is 0 Å². The topological polar surface area (TPSA) is 55.5 Å². The van der Waals surface area contributed by atoms with E-state index in [0.717, 1.165) is 43.2 Å². The van der Waals surface area contributed by atoms with Crippen molar-refractivity contribution in [3.8, 4) is 11.3 Å². The van der Waals surface area contributed by atoms with Crippen molar-refractivity contribution >= 4 is 11.3 Å². The van der Waals surface area contributed by atoms with Gasteiger partial charge in [0.05, 0.1) is 13.2 Å². The lowest BCUT2D eigenvalue weighted by atomic mass is 10.1. The third-order valence-corrected chi connectivity index (χ3v) is 3.71. The zero-order valence-corrected chi connectivity index (χ0v) is 11.5. The van der Waals surface area contributed by atoms with Crippen molar-refractivity contribution < 1.29 is 4.74 Å². The van der Waals surface area contributed by atoms with Gasteiger partial charge >= 0.3 is 0 Å².